The van der Waals surface area contributed by atoms with E-state index in [1.54, 1.807) is 30.5 Å². The van der Waals surface area contributed by atoms with E-state index in [9.17, 15) is 4.79 Å². The van der Waals surface area contributed by atoms with Crippen LogP contribution in [0.2, 0.25) is 0 Å². The monoisotopic (exact) mass is 377 g/mol. The molecule has 1 aliphatic heterocycles. The summed E-state index contributed by atoms with van der Waals surface area (Å²) < 4.78 is 0. The van der Waals surface area contributed by atoms with Crippen LogP contribution in [0.5, 0.6) is 0 Å². The summed E-state index contributed by atoms with van der Waals surface area (Å²) in [6, 6.07) is 13.3. The number of anilines is 2. The van der Waals surface area contributed by atoms with Crippen molar-refractivity contribution in [3.63, 3.8) is 0 Å². The Morgan fingerprint density at radius 3 is 2.46 bits per heavy atom. The summed E-state index contributed by atoms with van der Waals surface area (Å²) in [6.07, 6.45) is 4.09. The molecule has 0 radical (unpaired) electrons. The van der Waals surface area contributed by atoms with Crippen LogP contribution in [0.3, 0.4) is 0 Å². The van der Waals surface area contributed by atoms with E-state index in [-0.39, 0.29) is 11.1 Å². The number of rotatable bonds is 5. The van der Waals surface area contributed by atoms with Gasteiger partial charge in [0.2, 0.25) is 0 Å². The first-order valence-corrected chi connectivity index (χ1v) is 9.45. The fraction of sp³-hybridized carbons (Fsp3) is 0.304. The molecular formula is C23H27N3O2. The molecule has 2 aromatic rings. The number of benzene rings is 2. The first kappa shape index (κ1) is 19.7. The summed E-state index contributed by atoms with van der Waals surface area (Å²) in [5.74, 6) is -0.939. The lowest BCUT2D eigenvalue weighted by atomic mass is 9.87. The molecule has 3 rings (SSSR count). The second kappa shape index (κ2) is 7.50. The first-order chi connectivity index (χ1) is 13.2. The summed E-state index contributed by atoms with van der Waals surface area (Å²) in [6.45, 7) is 11.1. The number of hydrogen-bond donors (Lipinski definition) is 2. The van der Waals surface area contributed by atoms with Gasteiger partial charge in [-0.1, -0.05) is 12.1 Å². The Morgan fingerprint density at radius 1 is 1.18 bits per heavy atom. The molecule has 0 spiro atoms. The highest BCUT2D eigenvalue weighted by atomic mass is 16.4. The number of aromatic carboxylic acids is 1. The van der Waals surface area contributed by atoms with Gasteiger partial charge in [0.05, 0.1) is 23.0 Å². The van der Waals surface area contributed by atoms with Crippen molar-refractivity contribution in [3.8, 4) is 0 Å². The number of nitrogens with one attached hydrogen (secondary N) is 1. The van der Waals surface area contributed by atoms with Crippen LogP contribution in [0.4, 0.5) is 11.4 Å². The fourth-order valence-corrected chi connectivity index (χ4v) is 3.96. The highest BCUT2D eigenvalue weighted by Gasteiger charge is 2.32. The lowest BCUT2D eigenvalue weighted by Gasteiger charge is -2.46. The van der Waals surface area contributed by atoms with Gasteiger partial charge >= 0.3 is 5.97 Å². The summed E-state index contributed by atoms with van der Waals surface area (Å²) in [5, 5.41) is 13.2. The Kier molecular flexibility index (Phi) is 5.27. The predicted octanol–water partition coefficient (Wildman–Crippen LogP) is 5.24. The van der Waals surface area contributed by atoms with Crippen LogP contribution >= 0.6 is 0 Å². The Morgan fingerprint density at radius 2 is 1.86 bits per heavy atom. The minimum Gasteiger partial charge on any atom is -0.478 e. The molecule has 5 heteroatoms. The minimum atomic E-state index is -0.939. The smallest absolute Gasteiger partial charge is 0.335 e. The predicted molar refractivity (Wildman–Crippen MR) is 116 cm³/mol. The van der Waals surface area contributed by atoms with Gasteiger partial charge < -0.3 is 10.0 Å². The third-order valence-electron chi connectivity index (χ3n) is 4.95. The van der Waals surface area contributed by atoms with Crippen molar-refractivity contribution in [1.82, 2.24) is 0 Å². The largest absolute Gasteiger partial charge is 0.478 e. The molecule has 5 nitrogen and oxygen atoms in total. The number of fused-ring (bicyclic) bond motifs is 1. The molecule has 0 bridgehead atoms. The topological polar surface area (TPSA) is 64.9 Å². The van der Waals surface area contributed by atoms with Gasteiger partial charge in [-0.2, -0.15) is 5.10 Å². The molecule has 28 heavy (non-hydrogen) atoms. The van der Waals surface area contributed by atoms with E-state index in [0.717, 1.165) is 11.3 Å². The van der Waals surface area contributed by atoms with Crippen molar-refractivity contribution < 1.29 is 9.90 Å². The Bertz CT molecular complexity index is 941. The SMILES string of the molecule is CC1=CC(C)(C)N(C(C)C)c2ccc(/C=N/Nc3ccc(C(=O)O)cc3)cc21. The molecule has 1 heterocycles. The molecule has 1 aliphatic rings. The summed E-state index contributed by atoms with van der Waals surface area (Å²) >= 11 is 0. The van der Waals surface area contributed by atoms with Crippen LogP contribution in [0, 0.1) is 0 Å². The summed E-state index contributed by atoms with van der Waals surface area (Å²) in [4.78, 5) is 13.3. The zero-order valence-electron chi connectivity index (χ0n) is 17.0. The maximum absolute atomic E-state index is 10.9. The number of carboxylic acids is 1. The molecule has 2 aromatic carbocycles. The molecule has 0 saturated heterocycles. The minimum absolute atomic E-state index is 0.0233. The van der Waals surface area contributed by atoms with Crippen LogP contribution in [0.1, 0.15) is 56.1 Å². The first-order valence-electron chi connectivity index (χ1n) is 9.45. The van der Waals surface area contributed by atoms with E-state index in [4.69, 9.17) is 5.11 Å². The molecule has 2 N–H and O–H groups in total. The van der Waals surface area contributed by atoms with Gasteiger partial charge in [0.15, 0.2) is 0 Å². The van der Waals surface area contributed by atoms with Gasteiger partial charge in [0, 0.05) is 17.3 Å². The summed E-state index contributed by atoms with van der Waals surface area (Å²) in [5.41, 5.74) is 8.65. The number of allylic oxidation sites excluding steroid dienone is 1. The van der Waals surface area contributed by atoms with Gasteiger partial charge in [-0.25, -0.2) is 4.79 Å². The van der Waals surface area contributed by atoms with Gasteiger partial charge in [-0.3, -0.25) is 5.43 Å². The van der Waals surface area contributed by atoms with E-state index < -0.39 is 5.97 Å². The molecule has 0 unspecified atom stereocenters. The third kappa shape index (κ3) is 3.93. The van der Waals surface area contributed by atoms with Crippen molar-refractivity contribution >= 4 is 29.1 Å². The zero-order chi connectivity index (χ0) is 20.5. The molecule has 0 aliphatic carbocycles. The maximum atomic E-state index is 10.9. The number of carboxylic acid groups (broad SMARTS) is 1. The van der Waals surface area contributed by atoms with E-state index in [2.05, 4.69) is 74.3 Å². The Balaban J connectivity index is 1.81. The lowest BCUT2D eigenvalue weighted by Crippen LogP contribution is -2.49. The van der Waals surface area contributed by atoms with Crippen LogP contribution in [-0.2, 0) is 0 Å². The van der Waals surface area contributed by atoms with E-state index in [1.807, 2.05) is 0 Å². The van der Waals surface area contributed by atoms with Crippen LogP contribution in [-0.4, -0.2) is 28.9 Å². The van der Waals surface area contributed by atoms with Crippen LogP contribution < -0.4 is 10.3 Å². The number of hydrazone groups is 1. The van der Waals surface area contributed by atoms with E-state index in [0.29, 0.717) is 6.04 Å². The van der Waals surface area contributed by atoms with Crippen molar-refractivity contribution in [1.29, 1.82) is 0 Å². The average Bonchev–Trinajstić information content (AvgIpc) is 2.61. The summed E-state index contributed by atoms with van der Waals surface area (Å²) in [7, 11) is 0. The van der Waals surface area contributed by atoms with E-state index in [1.165, 1.54) is 16.8 Å². The van der Waals surface area contributed by atoms with Crippen molar-refractivity contribution in [2.24, 2.45) is 5.10 Å². The van der Waals surface area contributed by atoms with Gasteiger partial charge in [0.25, 0.3) is 0 Å². The Labute approximate surface area is 166 Å². The molecular weight excluding hydrogens is 350 g/mol. The highest BCUT2D eigenvalue weighted by Crippen LogP contribution is 2.40. The molecule has 146 valence electrons. The van der Waals surface area contributed by atoms with Crippen molar-refractivity contribution in [2.45, 2.75) is 46.2 Å². The standard InChI is InChI=1S/C23H27N3O2/c1-15(2)26-21-11-6-17(12-20(21)16(3)13-23(26,4)5)14-24-25-19-9-7-18(8-10-19)22(27)28/h6-15,25H,1-5H3,(H,27,28)/b24-14+. The van der Waals surface area contributed by atoms with Crippen LogP contribution in [0.15, 0.2) is 53.6 Å². The average molecular weight is 377 g/mol. The Hall–Kier alpha value is -3.08. The second-order valence-corrected chi connectivity index (χ2v) is 7.97. The fourth-order valence-electron chi connectivity index (χ4n) is 3.96. The quantitative estimate of drug-likeness (QED) is 0.552. The van der Waals surface area contributed by atoms with E-state index >= 15 is 0 Å². The zero-order valence-corrected chi connectivity index (χ0v) is 17.0. The van der Waals surface area contributed by atoms with Crippen molar-refractivity contribution in [3.05, 3.63) is 65.2 Å². The second-order valence-electron chi connectivity index (χ2n) is 7.97. The molecule has 0 amide bonds. The highest BCUT2D eigenvalue weighted by molar-refractivity contribution is 5.89. The van der Waals surface area contributed by atoms with Gasteiger partial charge in [0.1, 0.15) is 0 Å². The lowest BCUT2D eigenvalue weighted by molar-refractivity contribution is 0.0697. The van der Waals surface area contributed by atoms with Gasteiger partial charge in [-0.05, 0) is 82.2 Å². The van der Waals surface area contributed by atoms with Crippen LogP contribution in [0.25, 0.3) is 5.57 Å². The van der Waals surface area contributed by atoms with Crippen molar-refractivity contribution in [2.75, 3.05) is 10.3 Å². The maximum Gasteiger partial charge on any atom is 0.335 e. The molecule has 0 atom stereocenters. The number of nitrogens with zero attached hydrogens (tertiary/aromatic N) is 2. The number of hydrogen-bond acceptors (Lipinski definition) is 4. The molecule has 0 fully saturated rings. The number of carbonyl (C=O) groups is 1. The molecule has 0 saturated carbocycles. The normalized spacial score (nSPS) is 15.5. The van der Waals surface area contributed by atoms with Gasteiger partial charge in [-0.15, -0.1) is 0 Å². The third-order valence-corrected chi connectivity index (χ3v) is 4.95. The molecule has 0 aromatic heterocycles.